The van der Waals surface area contributed by atoms with Gasteiger partial charge in [0.1, 0.15) is 0 Å². The first-order chi connectivity index (χ1) is 2.77. The van der Waals surface area contributed by atoms with Gasteiger partial charge in [-0.3, -0.25) is 4.79 Å². The van der Waals surface area contributed by atoms with Crippen molar-refractivity contribution >= 4 is 18.4 Å². The molecule has 0 amide bonds. The molecular weight excluding hydrogens is 115 g/mol. The summed E-state index contributed by atoms with van der Waals surface area (Å²) in [5, 5.41) is 0. The average molecular weight is 126 g/mol. The minimum Gasteiger partial charge on any atom is -0.466 e. The molecule has 7 heavy (non-hydrogen) atoms. The van der Waals surface area contributed by atoms with E-state index in [2.05, 4.69) is 4.74 Å². The maximum atomic E-state index is 9.82. The Kier molecular flexibility index (Phi) is 8.15. The van der Waals surface area contributed by atoms with Crippen molar-refractivity contribution in [2.75, 3.05) is 6.61 Å². The van der Waals surface area contributed by atoms with Crippen LogP contribution in [0.2, 0.25) is 0 Å². The topological polar surface area (TPSA) is 26.3 Å². The first-order valence-corrected chi connectivity index (χ1v) is 1.90. The Labute approximate surface area is 50.7 Å². The Balaban J connectivity index is -0.000000125. The summed E-state index contributed by atoms with van der Waals surface area (Å²) >= 11 is 0. The molecule has 0 atom stereocenters. The molecule has 0 fully saturated rings. The van der Waals surface area contributed by atoms with Gasteiger partial charge in [-0.05, 0) is 6.92 Å². The fourth-order valence-corrected chi connectivity index (χ4v) is 0.203. The molecule has 2 nitrogen and oxygen atoms in total. The van der Waals surface area contributed by atoms with E-state index in [9.17, 15) is 4.79 Å². The van der Waals surface area contributed by atoms with Gasteiger partial charge in [0.25, 0.3) is 0 Å². The molecule has 0 radical (unpaired) electrons. The molecule has 0 aromatic rings. The van der Waals surface area contributed by atoms with Gasteiger partial charge in [0, 0.05) is 6.92 Å². The second kappa shape index (κ2) is 5.76. The van der Waals surface area contributed by atoms with E-state index in [4.69, 9.17) is 0 Å². The zero-order valence-corrected chi connectivity index (χ0v) is 5.25. The zero-order valence-electron chi connectivity index (χ0n) is 5.43. The zero-order chi connectivity index (χ0) is 4.99. The minimum atomic E-state index is -0.211. The predicted octanol–water partition coefficient (Wildman–Crippen LogP) is 1.10. The first kappa shape index (κ1) is 9.90. The van der Waals surface area contributed by atoms with Gasteiger partial charge in [-0.25, -0.2) is 0 Å². The highest BCUT2D eigenvalue weighted by Crippen LogP contribution is 1.69. The first-order valence-electron chi connectivity index (χ1n) is 1.90. The third-order valence-electron chi connectivity index (χ3n) is 0.348. The molecule has 0 spiro atoms. The maximum Gasteiger partial charge on any atom is 1.00 e. The van der Waals surface area contributed by atoms with Crippen LogP contribution in [0.4, 0.5) is 0 Å². The number of hydrogen-bond acceptors (Lipinski definition) is 2. The van der Waals surface area contributed by atoms with Crippen molar-refractivity contribution in [3.63, 3.8) is 0 Å². The third-order valence-corrected chi connectivity index (χ3v) is 0.348. The summed E-state index contributed by atoms with van der Waals surface area (Å²) in [6, 6.07) is 0. The van der Waals surface area contributed by atoms with Crippen LogP contribution in [0.1, 0.15) is 15.3 Å². The molecule has 0 saturated heterocycles. The van der Waals surface area contributed by atoms with Crippen LogP contribution in [0.15, 0.2) is 0 Å². The van der Waals surface area contributed by atoms with Gasteiger partial charge in [0.05, 0.1) is 6.61 Å². The lowest BCUT2D eigenvalue weighted by molar-refractivity contribution is -0.140. The van der Waals surface area contributed by atoms with Crippen molar-refractivity contribution in [3.8, 4) is 0 Å². The summed E-state index contributed by atoms with van der Waals surface area (Å²) in [5.41, 5.74) is 0. The second-order valence-electron chi connectivity index (χ2n) is 0.925. The molecule has 0 aliphatic carbocycles. The molecule has 0 bridgehead atoms. The van der Waals surface area contributed by atoms with E-state index in [-0.39, 0.29) is 19.8 Å². The van der Waals surface area contributed by atoms with Gasteiger partial charge >= 0.3 is 7.40 Å². The molecule has 0 rings (SSSR count). The largest absolute Gasteiger partial charge is 1.00 e. The van der Waals surface area contributed by atoms with E-state index in [0.717, 1.165) is 0 Å². The molecule has 0 aliphatic heterocycles. The van der Waals surface area contributed by atoms with Crippen molar-refractivity contribution < 1.29 is 11.0 Å². The number of rotatable bonds is 1. The molecule has 0 N–H and O–H groups in total. The average Bonchev–Trinajstić information content (AvgIpc) is 1.35. The molecule has 0 aromatic heterocycles. The molecule has 0 unspecified atom stereocenters. The minimum absolute atomic E-state index is 0. The SMILES string of the molecule is CCOC(C)=O.Cl.[H+]. The van der Waals surface area contributed by atoms with Crippen LogP contribution in [0.3, 0.4) is 0 Å². The van der Waals surface area contributed by atoms with Crippen LogP contribution in [-0.2, 0) is 9.53 Å². The van der Waals surface area contributed by atoms with Crippen LogP contribution < -0.4 is 0 Å². The van der Waals surface area contributed by atoms with E-state index < -0.39 is 0 Å². The number of ether oxygens (including phenoxy) is 1. The Morgan fingerprint density at radius 3 is 2.29 bits per heavy atom. The number of halogens is 1. The van der Waals surface area contributed by atoms with Gasteiger partial charge in [0.15, 0.2) is 0 Å². The van der Waals surface area contributed by atoms with Crippen molar-refractivity contribution in [2.24, 2.45) is 0 Å². The van der Waals surface area contributed by atoms with Crippen molar-refractivity contribution in [2.45, 2.75) is 13.8 Å². The third kappa shape index (κ3) is 10.7. The molecule has 0 heterocycles. The molecular formula is C4H10ClO2+. The van der Waals surface area contributed by atoms with Gasteiger partial charge in [-0.1, -0.05) is 0 Å². The quantitative estimate of drug-likeness (QED) is 0.491. The molecule has 3 heteroatoms. The number of carbonyl (C=O) groups excluding carboxylic acids is 1. The van der Waals surface area contributed by atoms with Gasteiger partial charge in [0.2, 0.25) is 0 Å². The van der Waals surface area contributed by atoms with Crippen LogP contribution in [0.5, 0.6) is 0 Å². The lowest BCUT2D eigenvalue weighted by Crippen LogP contribution is -1.95. The highest BCUT2D eigenvalue weighted by atomic mass is 35.5. The highest BCUT2D eigenvalue weighted by Gasteiger charge is 1.81. The molecule has 0 aromatic carbocycles. The second-order valence-corrected chi connectivity index (χ2v) is 0.925. The van der Waals surface area contributed by atoms with Crippen LogP contribution in [0.25, 0.3) is 0 Å². The Hall–Kier alpha value is -0.240. The molecule has 0 aliphatic rings. The summed E-state index contributed by atoms with van der Waals surface area (Å²) in [4.78, 5) is 9.82. The summed E-state index contributed by atoms with van der Waals surface area (Å²) in [7, 11) is 0. The fourth-order valence-electron chi connectivity index (χ4n) is 0.203. The lowest BCUT2D eigenvalue weighted by Gasteiger charge is -1.89. The summed E-state index contributed by atoms with van der Waals surface area (Å²) in [6.45, 7) is 3.65. The van der Waals surface area contributed by atoms with Gasteiger partial charge in [-0.2, -0.15) is 0 Å². The Morgan fingerprint density at radius 1 is 1.86 bits per heavy atom. The fraction of sp³-hybridized carbons (Fsp3) is 0.750. The standard InChI is InChI=1S/C4H8O2.ClH/c1-3-6-4(2)5;/h3H2,1-2H3;1H/p+1. The van der Waals surface area contributed by atoms with Crippen LogP contribution >= 0.6 is 12.4 Å². The van der Waals surface area contributed by atoms with Crippen molar-refractivity contribution in [3.05, 3.63) is 0 Å². The van der Waals surface area contributed by atoms with Crippen molar-refractivity contribution in [1.29, 1.82) is 0 Å². The summed E-state index contributed by atoms with van der Waals surface area (Å²) in [6.07, 6.45) is 0. The van der Waals surface area contributed by atoms with E-state index in [1.54, 1.807) is 6.92 Å². The smallest absolute Gasteiger partial charge is 0.466 e. The highest BCUT2D eigenvalue weighted by molar-refractivity contribution is 5.85. The lowest BCUT2D eigenvalue weighted by atomic mass is 10.8. The molecule has 44 valence electrons. The van der Waals surface area contributed by atoms with E-state index in [1.165, 1.54) is 6.92 Å². The van der Waals surface area contributed by atoms with E-state index >= 15 is 0 Å². The van der Waals surface area contributed by atoms with Crippen molar-refractivity contribution in [1.82, 2.24) is 0 Å². The number of esters is 1. The van der Waals surface area contributed by atoms with Crippen LogP contribution in [-0.4, -0.2) is 12.6 Å². The maximum absolute atomic E-state index is 9.82. The predicted molar refractivity (Wildman–Crippen MR) is 30.7 cm³/mol. The van der Waals surface area contributed by atoms with Gasteiger partial charge < -0.3 is 4.74 Å². The Morgan fingerprint density at radius 2 is 2.29 bits per heavy atom. The molecule has 0 saturated carbocycles. The summed E-state index contributed by atoms with van der Waals surface area (Å²) in [5.74, 6) is -0.211. The van der Waals surface area contributed by atoms with E-state index in [0.29, 0.717) is 6.61 Å². The number of hydrogen-bond donors (Lipinski definition) is 0. The number of carbonyl (C=O) groups is 1. The van der Waals surface area contributed by atoms with E-state index in [1.807, 2.05) is 0 Å². The van der Waals surface area contributed by atoms with Crippen LogP contribution in [0, 0.1) is 0 Å². The van der Waals surface area contributed by atoms with Gasteiger partial charge in [-0.15, -0.1) is 12.4 Å². The Bertz CT molecular complexity index is 58.0. The normalized spacial score (nSPS) is 6.57. The monoisotopic (exact) mass is 125 g/mol. The summed E-state index contributed by atoms with van der Waals surface area (Å²) < 4.78 is 4.40.